The van der Waals surface area contributed by atoms with Gasteiger partial charge >= 0.3 is 0 Å². The van der Waals surface area contributed by atoms with Crippen LogP contribution in [0.4, 0.5) is 5.82 Å². The molecule has 0 amide bonds. The average molecular weight is 369 g/mol. The van der Waals surface area contributed by atoms with Gasteiger partial charge in [0.05, 0.1) is 33.5 Å². The Morgan fingerprint density at radius 1 is 0.889 bits per heavy atom. The van der Waals surface area contributed by atoms with E-state index in [4.69, 9.17) is 28.9 Å². The molecule has 0 saturated heterocycles. The van der Waals surface area contributed by atoms with Gasteiger partial charge in [-0.3, -0.25) is 0 Å². The molecule has 1 heterocycles. The zero-order chi connectivity index (χ0) is 19.2. The lowest BCUT2D eigenvalue weighted by atomic mass is 10.1. The van der Waals surface area contributed by atoms with Gasteiger partial charge in [-0.2, -0.15) is 0 Å². The topological polar surface area (TPSA) is 74.7 Å². The second kappa shape index (κ2) is 8.55. The standard InChI is InChI=1S/C20H23N3O4/c1-24-10-9-21-20-14-7-5-6-8-15(14)22-19(23-20)13-11-16(25-2)18(27-4)17(12-13)26-3/h5-8,11-12H,9-10H2,1-4H3,(H,21,22,23). The monoisotopic (exact) mass is 369 g/mol. The molecule has 27 heavy (non-hydrogen) atoms. The van der Waals surface area contributed by atoms with Crippen LogP contribution in [0.2, 0.25) is 0 Å². The Bertz CT molecular complexity index is 905. The van der Waals surface area contributed by atoms with Crippen molar-refractivity contribution >= 4 is 16.7 Å². The number of aromatic nitrogens is 2. The number of fused-ring (bicyclic) bond motifs is 1. The quantitative estimate of drug-likeness (QED) is 0.610. The number of hydrogen-bond acceptors (Lipinski definition) is 7. The van der Waals surface area contributed by atoms with Gasteiger partial charge in [-0.1, -0.05) is 12.1 Å². The summed E-state index contributed by atoms with van der Waals surface area (Å²) in [5.41, 5.74) is 1.61. The van der Waals surface area contributed by atoms with Crippen LogP contribution in [-0.2, 0) is 4.74 Å². The molecular weight excluding hydrogens is 346 g/mol. The molecule has 142 valence electrons. The van der Waals surface area contributed by atoms with Gasteiger partial charge in [0, 0.05) is 24.6 Å². The molecule has 1 aromatic heterocycles. The van der Waals surface area contributed by atoms with E-state index in [-0.39, 0.29) is 0 Å². The van der Waals surface area contributed by atoms with Gasteiger partial charge in [0.2, 0.25) is 5.75 Å². The van der Waals surface area contributed by atoms with Crippen LogP contribution in [-0.4, -0.2) is 51.6 Å². The Hall–Kier alpha value is -3.06. The van der Waals surface area contributed by atoms with E-state index in [0.29, 0.717) is 36.2 Å². The van der Waals surface area contributed by atoms with Gasteiger partial charge in [0.25, 0.3) is 0 Å². The fraction of sp³-hybridized carbons (Fsp3) is 0.300. The predicted octanol–water partition coefficient (Wildman–Crippen LogP) is 3.38. The number of benzene rings is 2. The van der Waals surface area contributed by atoms with Crippen molar-refractivity contribution in [3.63, 3.8) is 0 Å². The van der Waals surface area contributed by atoms with Crippen LogP contribution in [0.25, 0.3) is 22.3 Å². The highest BCUT2D eigenvalue weighted by molar-refractivity contribution is 5.90. The van der Waals surface area contributed by atoms with Crippen molar-refractivity contribution in [2.75, 3.05) is 46.9 Å². The SMILES string of the molecule is COCCNc1nc(-c2cc(OC)c(OC)c(OC)c2)nc2ccccc12. The molecular formula is C20H23N3O4. The number of nitrogens with one attached hydrogen (secondary N) is 1. The first-order valence-corrected chi connectivity index (χ1v) is 8.51. The number of para-hydroxylation sites is 1. The second-order valence-corrected chi connectivity index (χ2v) is 5.75. The van der Waals surface area contributed by atoms with Crippen LogP contribution in [0.1, 0.15) is 0 Å². The summed E-state index contributed by atoms with van der Waals surface area (Å²) in [6.07, 6.45) is 0. The minimum Gasteiger partial charge on any atom is -0.493 e. The van der Waals surface area contributed by atoms with E-state index in [1.54, 1.807) is 28.4 Å². The minimum atomic E-state index is 0.531. The molecule has 3 rings (SSSR count). The van der Waals surface area contributed by atoms with Crippen molar-refractivity contribution in [1.82, 2.24) is 9.97 Å². The average Bonchev–Trinajstić information content (AvgIpc) is 2.72. The van der Waals surface area contributed by atoms with E-state index >= 15 is 0 Å². The summed E-state index contributed by atoms with van der Waals surface area (Å²) >= 11 is 0. The molecule has 0 atom stereocenters. The molecule has 0 aliphatic rings. The first-order valence-electron chi connectivity index (χ1n) is 8.51. The number of anilines is 1. The molecule has 0 spiro atoms. The molecule has 3 aromatic rings. The Kier molecular flexibility index (Phi) is 5.93. The first kappa shape index (κ1) is 18.7. The van der Waals surface area contributed by atoms with Crippen molar-refractivity contribution < 1.29 is 18.9 Å². The Labute approximate surface area is 158 Å². The molecule has 0 unspecified atom stereocenters. The molecule has 1 N–H and O–H groups in total. The fourth-order valence-electron chi connectivity index (χ4n) is 2.82. The maximum Gasteiger partial charge on any atom is 0.203 e. The van der Waals surface area contributed by atoms with E-state index in [0.717, 1.165) is 22.3 Å². The lowest BCUT2D eigenvalue weighted by molar-refractivity contribution is 0.210. The van der Waals surface area contributed by atoms with Crippen LogP contribution in [0, 0.1) is 0 Å². The zero-order valence-corrected chi connectivity index (χ0v) is 15.9. The molecule has 0 radical (unpaired) electrons. The maximum absolute atomic E-state index is 5.45. The summed E-state index contributed by atoms with van der Waals surface area (Å²) in [4.78, 5) is 9.43. The Morgan fingerprint density at radius 2 is 1.59 bits per heavy atom. The van der Waals surface area contributed by atoms with Crippen LogP contribution >= 0.6 is 0 Å². The van der Waals surface area contributed by atoms with Crippen LogP contribution in [0.15, 0.2) is 36.4 Å². The molecule has 0 fully saturated rings. The Balaban J connectivity index is 2.13. The maximum atomic E-state index is 5.45. The largest absolute Gasteiger partial charge is 0.493 e. The van der Waals surface area contributed by atoms with E-state index < -0.39 is 0 Å². The third-order valence-corrected chi connectivity index (χ3v) is 4.12. The molecule has 0 bridgehead atoms. The van der Waals surface area contributed by atoms with Gasteiger partial charge in [-0.15, -0.1) is 0 Å². The summed E-state index contributed by atoms with van der Waals surface area (Å²) in [5.74, 6) is 2.95. The third kappa shape index (κ3) is 3.88. The lowest BCUT2D eigenvalue weighted by Crippen LogP contribution is -2.10. The molecule has 0 aliphatic heterocycles. The van der Waals surface area contributed by atoms with Crippen LogP contribution in [0.5, 0.6) is 17.2 Å². The van der Waals surface area contributed by atoms with E-state index in [1.165, 1.54) is 0 Å². The van der Waals surface area contributed by atoms with E-state index in [1.807, 2.05) is 36.4 Å². The number of rotatable bonds is 8. The summed E-state index contributed by atoms with van der Waals surface area (Å²) in [5, 5.41) is 4.26. The van der Waals surface area contributed by atoms with E-state index in [9.17, 15) is 0 Å². The van der Waals surface area contributed by atoms with Crippen molar-refractivity contribution in [3.05, 3.63) is 36.4 Å². The highest BCUT2D eigenvalue weighted by Crippen LogP contribution is 2.41. The van der Waals surface area contributed by atoms with Gasteiger partial charge in [0.15, 0.2) is 17.3 Å². The molecule has 7 nitrogen and oxygen atoms in total. The third-order valence-electron chi connectivity index (χ3n) is 4.12. The van der Waals surface area contributed by atoms with Crippen molar-refractivity contribution in [2.45, 2.75) is 0 Å². The normalized spacial score (nSPS) is 10.7. The number of hydrogen-bond donors (Lipinski definition) is 1. The lowest BCUT2D eigenvalue weighted by Gasteiger charge is -2.15. The molecule has 0 saturated carbocycles. The van der Waals surface area contributed by atoms with Crippen LogP contribution in [0.3, 0.4) is 0 Å². The highest BCUT2D eigenvalue weighted by atomic mass is 16.5. The smallest absolute Gasteiger partial charge is 0.203 e. The summed E-state index contributed by atoms with van der Waals surface area (Å²) in [6, 6.07) is 11.5. The van der Waals surface area contributed by atoms with Gasteiger partial charge < -0.3 is 24.3 Å². The molecule has 0 aliphatic carbocycles. The summed E-state index contributed by atoms with van der Waals surface area (Å²) in [6.45, 7) is 1.23. The van der Waals surface area contributed by atoms with Gasteiger partial charge in [-0.25, -0.2) is 9.97 Å². The minimum absolute atomic E-state index is 0.531. The van der Waals surface area contributed by atoms with Crippen molar-refractivity contribution in [1.29, 1.82) is 0 Å². The Morgan fingerprint density at radius 3 is 2.22 bits per heavy atom. The predicted molar refractivity (Wildman–Crippen MR) is 105 cm³/mol. The molecule has 2 aromatic carbocycles. The summed E-state index contributed by atoms with van der Waals surface area (Å²) in [7, 11) is 6.41. The number of nitrogens with zero attached hydrogens (tertiary/aromatic N) is 2. The second-order valence-electron chi connectivity index (χ2n) is 5.75. The number of methoxy groups -OCH3 is 4. The van der Waals surface area contributed by atoms with Gasteiger partial charge in [0.1, 0.15) is 5.82 Å². The fourth-order valence-corrected chi connectivity index (χ4v) is 2.82. The summed E-state index contributed by atoms with van der Waals surface area (Å²) < 4.78 is 21.4. The van der Waals surface area contributed by atoms with Crippen molar-refractivity contribution in [3.8, 4) is 28.6 Å². The molecule has 7 heteroatoms. The highest BCUT2D eigenvalue weighted by Gasteiger charge is 2.17. The van der Waals surface area contributed by atoms with Gasteiger partial charge in [-0.05, 0) is 24.3 Å². The zero-order valence-electron chi connectivity index (χ0n) is 15.9. The number of ether oxygens (including phenoxy) is 4. The van der Waals surface area contributed by atoms with Crippen molar-refractivity contribution in [2.24, 2.45) is 0 Å². The van der Waals surface area contributed by atoms with E-state index in [2.05, 4.69) is 5.32 Å². The first-order chi connectivity index (χ1) is 13.2. The van der Waals surface area contributed by atoms with Crippen LogP contribution < -0.4 is 19.5 Å².